The van der Waals surface area contributed by atoms with Crippen molar-refractivity contribution >= 4 is 11.8 Å². The molecule has 4 nitrogen and oxygen atoms in total. The van der Waals surface area contributed by atoms with E-state index in [1.165, 1.54) is 0 Å². The van der Waals surface area contributed by atoms with E-state index in [9.17, 15) is 0 Å². The van der Waals surface area contributed by atoms with Crippen LogP contribution in [0.25, 0.3) is 0 Å². The molecule has 2 rings (SSSR count). The number of aromatic nitrogens is 2. The van der Waals surface area contributed by atoms with Gasteiger partial charge in [0.1, 0.15) is 0 Å². The maximum atomic E-state index is 6.27. The topological polar surface area (TPSA) is 64.9 Å². The molecule has 0 aromatic carbocycles. The summed E-state index contributed by atoms with van der Waals surface area (Å²) in [5.74, 6) is 2.17. The third-order valence-corrected chi connectivity index (χ3v) is 4.29. The van der Waals surface area contributed by atoms with Crippen molar-refractivity contribution in [1.29, 1.82) is 0 Å². The Hall–Kier alpha value is -0.550. The Bertz CT molecular complexity index is 377. The number of thioether (sulfide) groups is 1. The zero-order valence-corrected chi connectivity index (χ0v) is 11.6. The largest absolute Gasteiger partial charge is 0.337 e. The van der Waals surface area contributed by atoms with Gasteiger partial charge in [0.2, 0.25) is 5.89 Å². The summed E-state index contributed by atoms with van der Waals surface area (Å²) in [6.07, 6.45) is 4.23. The van der Waals surface area contributed by atoms with E-state index in [1.807, 2.05) is 11.8 Å². The summed E-state index contributed by atoms with van der Waals surface area (Å²) in [6.45, 7) is 6.54. The number of nitrogens with two attached hydrogens (primary N) is 1. The molecule has 0 atom stereocenters. The zero-order valence-electron chi connectivity index (χ0n) is 10.8. The summed E-state index contributed by atoms with van der Waals surface area (Å²) in [6, 6.07) is 0. The van der Waals surface area contributed by atoms with Crippen molar-refractivity contribution in [3.63, 3.8) is 0 Å². The maximum Gasteiger partial charge on any atom is 0.246 e. The van der Waals surface area contributed by atoms with Gasteiger partial charge in [-0.05, 0) is 12.8 Å². The van der Waals surface area contributed by atoms with Gasteiger partial charge in [-0.2, -0.15) is 4.98 Å². The van der Waals surface area contributed by atoms with Crippen LogP contribution in [0.15, 0.2) is 4.52 Å². The molecule has 0 bridgehead atoms. The molecule has 96 valence electrons. The highest BCUT2D eigenvalue weighted by Crippen LogP contribution is 2.35. The average molecular weight is 255 g/mol. The Morgan fingerprint density at radius 2 is 2.00 bits per heavy atom. The molecule has 1 aromatic rings. The van der Waals surface area contributed by atoms with Crippen LogP contribution >= 0.6 is 11.8 Å². The Labute approximate surface area is 107 Å². The van der Waals surface area contributed by atoms with E-state index in [0.717, 1.165) is 37.3 Å². The molecule has 0 spiro atoms. The normalized spacial score (nSPS) is 19.8. The third-order valence-electron chi connectivity index (χ3n) is 3.02. The van der Waals surface area contributed by atoms with Gasteiger partial charge in [0.05, 0.1) is 11.3 Å². The monoisotopic (exact) mass is 255 g/mol. The lowest BCUT2D eigenvalue weighted by atomic mass is 10.00. The van der Waals surface area contributed by atoms with Crippen molar-refractivity contribution < 1.29 is 4.52 Å². The molecular formula is C12H21N3OS. The molecule has 1 aromatic heterocycles. The molecule has 17 heavy (non-hydrogen) atoms. The Morgan fingerprint density at radius 3 is 2.59 bits per heavy atom. The van der Waals surface area contributed by atoms with Crippen LogP contribution in [0.4, 0.5) is 0 Å². The fourth-order valence-electron chi connectivity index (χ4n) is 2.02. The van der Waals surface area contributed by atoms with Crippen molar-refractivity contribution in [3.8, 4) is 0 Å². The summed E-state index contributed by atoms with van der Waals surface area (Å²) in [7, 11) is 0. The summed E-state index contributed by atoms with van der Waals surface area (Å²) in [5.41, 5.74) is 5.91. The number of rotatable bonds is 3. The smallest absolute Gasteiger partial charge is 0.246 e. The van der Waals surface area contributed by atoms with Crippen LogP contribution < -0.4 is 5.73 Å². The second-order valence-electron chi connectivity index (χ2n) is 5.78. The van der Waals surface area contributed by atoms with Crippen LogP contribution in [0, 0.1) is 0 Å². The van der Waals surface area contributed by atoms with Crippen LogP contribution in [0.2, 0.25) is 0 Å². The second kappa shape index (κ2) is 4.61. The first-order valence-corrected chi connectivity index (χ1v) is 7.14. The van der Waals surface area contributed by atoms with Crippen molar-refractivity contribution in [2.24, 2.45) is 5.73 Å². The minimum absolute atomic E-state index is 0.217. The number of hydrogen-bond donors (Lipinski definition) is 1. The minimum atomic E-state index is -0.363. The van der Waals surface area contributed by atoms with Crippen LogP contribution in [-0.4, -0.2) is 14.9 Å². The maximum absolute atomic E-state index is 6.27. The van der Waals surface area contributed by atoms with E-state index in [0.29, 0.717) is 5.89 Å². The molecule has 0 radical (unpaired) electrons. The van der Waals surface area contributed by atoms with Crippen LogP contribution in [0.5, 0.6) is 0 Å². The lowest BCUT2D eigenvalue weighted by Crippen LogP contribution is -2.33. The number of nitrogens with zero attached hydrogens (tertiary/aromatic N) is 2. The van der Waals surface area contributed by atoms with Crippen molar-refractivity contribution in [1.82, 2.24) is 10.1 Å². The molecule has 0 saturated heterocycles. The summed E-state index contributed by atoms with van der Waals surface area (Å²) >= 11 is 1.82. The van der Waals surface area contributed by atoms with E-state index in [1.54, 1.807) is 0 Å². The molecule has 0 unspecified atom stereocenters. The predicted octanol–water partition coefficient (Wildman–Crippen LogP) is 2.83. The van der Waals surface area contributed by atoms with Gasteiger partial charge in [-0.1, -0.05) is 38.8 Å². The average Bonchev–Trinajstić information content (AvgIpc) is 2.83. The molecule has 1 aliphatic rings. The predicted molar refractivity (Wildman–Crippen MR) is 69.7 cm³/mol. The molecule has 2 N–H and O–H groups in total. The zero-order chi connectivity index (χ0) is 12.5. The highest BCUT2D eigenvalue weighted by Gasteiger charge is 2.36. The molecule has 1 aliphatic carbocycles. The highest BCUT2D eigenvalue weighted by molar-refractivity contribution is 7.99. The SMILES string of the molecule is CC(C)(C)SCc1noc(C2(N)CCCC2)n1. The fraction of sp³-hybridized carbons (Fsp3) is 0.833. The van der Waals surface area contributed by atoms with Gasteiger partial charge in [0.25, 0.3) is 0 Å². The van der Waals surface area contributed by atoms with Gasteiger partial charge in [-0.25, -0.2) is 0 Å². The Morgan fingerprint density at radius 1 is 1.35 bits per heavy atom. The van der Waals surface area contributed by atoms with E-state index in [4.69, 9.17) is 10.3 Å². The first-order valence-electron chi connectivity index (χ1n) is 6.15. The summed E-state index contributed by atoms with van der Waals surface area (Å²) in [5, 5.41) is 4.02. The molecule has 5 heteroatoms. The molecule has 0 aliphatic heterocycles. The highest BCUT2D eigenvalue weighted by atomic mass is 32.2. The molecule has 1 heterocycles. The number of hydrogen-bond acceptors (Lipinski definition) is 5. The van der Waals surface area contributed by atoms with E-state index < -0.39 is 0 Å². The second-order valence-corrected chi connectivity index (χ2v) is 7.58. The molecule has 0 amide bonds. The van der Waals surface area contributed by atoms with Crippen LogP contribution in [0.1, 0.15) is 58.2 Å². The van der Waals surface area contributed by atoms with Crippen molar-refractivity contribution in [2.75, 3.05) is 0 Å². The standard InChI is InChI=1S/C12H21N3OS/c1-11(2,3)17-8-9-14-10(16-15-9)12(13)6-4-5-7-12/h4-8,13H2,1-3H3. The fourth-order valence-corrected chi connectivity index (χ4v) is 2.70. The van der Waals surface area contributed by atoms with Gasteiger partial charge in [-0.3, -0.25) is 0 Å². The van der Waals surface area contributed by atoms with Gasteiger partial charge >= 0.3 is 0 Å². The Balaban J connectivity index is 2.01. The van der Waals surface area contributed by atoms with Gasteiger partial charge < -0.3 is 10.3 Å². The summed E-state index contributed by atoms with van der Waals surface area (Å²) < 4.78 is 5.53. The Kier molecular flexibility index (Phi) is 3.50. The van der Waals surface area contributed by atoms with Gasteiger partial charge in [0.15, 0.2) is 5.82 Å². The quantitative estimate of drug-likeness (QED) is 0.899. The third kappa shape index (κ3) is 3.22. The van der Waals surface area contributed by atoms with Crippen molar-refractivity contribution in [2.45, 2.75) is 62.5 Å². The van der Waals surface area contributed by atoms with E-state index >= 15 is 0 Å². The van der Waals surface area contributed by atoms with E-state index in [-0.39, 0.29) is 10.3 Å². The van der Waals surface area contributed by atoms with Gasteiger partial charge in [0, 0.05) is 4.75 Å². The lowest BCUT2D eigenvalue weighted by molar-refractivity contribution is 0.284. The molecule has 1 fully saturated rings. The summed E-state index contributed by atoms with van der Waals surface area (Å²) in [4.78, 5) is 4.44. The van der Waals surface area contributed by atoms with Crippen LogP contribution in [0.3, 0.4) is 0 Å². The first-order chi connectivity index (χ1) is 7.89. The molecule has 1 saturated carbocycles. The van der Waals surface area contributed by atoms with E-state index in [2.05, 4.69) is 30.9 Å². The minimum Gasteiger partial charge on any atom is -0.337 e. The van der Waals surface area contributed by atoms with Crippen molar-refractivity contribution in [3.05, 3.63) is 11.7 Å². The first kappa shape index (κ1) is 12.9. The van der Waals surface area contributed by atoms with Crippen LogP contribution in [-0.2, 0) is 11.3 Å². The van der Waals surface area contributed by atoms with Gasteiger partial charge in [-0.15, -0.1) is 11.8 Å². The lowest BCUT2D eigenvalue weighted by Gasteiger charge is -2.17. The molecular weight excluding hydrogens is 234 g/mol.